The lowest BCUT2D eigenvalue weighted by atomic mass is 10.2. The van der Waals surface area contributed by atoms with Gasteiger partial charge >= 0.3 is 0 Å². The summed E-state index contributed by atoms with van der Waals surface area (Å²) in [6, 6.07) is 20.7. The van der Waals surface area contributed by atoms with Crippen molar-refractivity contribution in [1.82, 2.24) is 4.98 Å². The van der Waals surface area contributed by atoms with Crippen LogP contribution in [0.2, 0.25) is 5.02 Å². The second-order valence-corrected chi connectivity index (χ2v) is 6.83. The Kier molecular flexibility index (Phi) is 4.96. The third-order valence-electron chi connectivity index (χ3n) is 4.24. The van der Waals surface area contributed by atoms with Crippen LogP contribution in [-0.2, 0) is 4.79 Å². The number of anilines is 1. The van der Waals surface area contributed by atoms with Crippen molar-refractivity contribution in [2.45, 2.75) is 6.92 Å². The molecule has 4 aromatic rings. The highest BCUT2D eigenvalue weighted by atomic mass is 35.5. The molecular weight excluding hydrogens is 372 g/mol. The maximum Gasteiger partial charge on any atom is 0.248 e. The minimum atomic E-state index is -0.268. The molecule has 0 radical (unpaired) electrons. The number of nitrogens with zero attached hydrogens (tertiary/aromatic N) is 1. The number of aryl methyl sites for hydroxylation is 1. The van der Waals surface area contributed by atoms with Crippen LogP contribution >= 0.6 is 11.6 Å². The number of carbonyl (C=O) groups is 1. The van der Waals surface area contributed by atoms with Crippen LogP contribution in [0.1, 0.15) is 11.1 Å². The number of aromatic nitrogens is 1. The van der Waals surface area contributed by atoms with E-state index in [0.717, 1.165) is 27.8 Å². The highest BCUT2D eigenvalue weighted by molar-refractivity contribution is 6.34. The quantitative estimate of drug-likeness (QED) is 0.429. The summed E-state index contributed by atoms with van der Waals surface area (Å²) in [4.78, 5) is 16.8. The number of amides is 1. The normalized spacial score (nSPS) is 11.2. The maximum absolute atomic E-state index is 12.3. The van der Waals surface area contributed by atoms with Crippen molar-refractivity contribution in [3.8, 4) is 11.5 Å². The Morgan fingerprint density at radius 1 is 1.07 bits per heavy atom. The minimum absolute atomic E-state index is 0.268. The van der Waals surface area contributed by atoms with Crippen LogP contribution in [0.5, 0.6) is 0 Å². The van der Waals surface area contributed by atoms with Crippen molar-refractivity contribution in [3.63, 3.8) is 0 Å². The third-order valence-corrected chi connectivity index (χ3v) is 4.57. The monoisotopic (exact) mass is 388 g/mol. The summed E-state index contributed by atoms with van der Waals surface area (Å²) >= 11 is 6.25. The van der Waals surface area contributed by atoms with Gasteiger partial charge in [0, 0.05) is 11.6 Å². The van der Waals surface area contributed by atoms with Gasteiger partial charge in [0.25, 0.3) is 0 Å². The van der Waals surface area contributed by atoms with Crippen molar-refractivity contribution in [3.05, 3.63) is 89.0 Å². The number of fused-ring (bicyclic) bond motifs is 1. The molecule has 0 aliphatic rings. The average Bonchev–Trinajstić information content (AvgIpc) is 3.12. The van der Waals surface area contributed by atoms with Crippen LogP contribution in [0, 0.1) is 6.92 Å². The van der Waals surface area contributed by atoms with Crippen LogP contribution < -0.4 is 5.32 Å². The van der Waals surface area contributed by atoms with Crippen molar-refractivity contribution in [2.24, 2.45) is 0 Å². The predicted octanol–water partition coefficient (Wildman–Crippen LogP) is 6.11. The molecule has 0 aliphatic heterocycles. The van der Waals surface area contributed by atoms with Crippen molar-refractivity contribution in [1.29, 1.82) is 0 Å². The van der Waals surface area contributed by atoms with Gasteiger partial charge in [-0.25, -0.2) is 4.98 Å². The van der Waals surface area contributed by atoms with Gasteiger partial charge in [0.15, 0.2) is 5.58 Å². The Morgan fingerprint density at radius 3 is 2.71 bits per heavy atom. The van der Waals surface area contributed by atoms with Gasteiger partial charge in [-0.05, 0) is 54.5 Å². The molecule has 1 amide bonds. The Morgan fingerprint density at radius 2 is 1.89 bits per heavy atom. The van der Waals surface area contributed by atoms with E-state index in [1.807, 2.05) is 61.5 Å². The summed E-state index contributed by atoms with van der Waals surface area (Å²) in [6.07, 6.45) is 3.22. The molecule has 4 nitrogen and oxygen atoms in total. The molecule has 1 aromatic heterocycles. The topological polar surface area (TPSA) is 55.1 Å². The summed E-state index contributed by atoms with van der Waals surface area (Å²) < 4.78 is 5.86. The van der Waals surface area contributed by atoms with E-state index in [1.165, 1.54) is 6.08 Å². The van der Waals surface area contributed by atoms with Gasteiger partial charge in [-0.2, -0.15) is 0 Å². The first-order valence-electron chi connectivity index (χ1n) is 8.80. The zero-order chi connectivity index (χ0) is 19.5. The van der Waals surface area contributed by atoms with Gasteiger partial charge in [-0.3, -0.25) is 4.79 Å². The van der Waals surface area contributed by atoms with Gasteiger partial charge in [0.2, 0.25) is 11.8 Å². The maximum atomic E-state index is 12.3. The van der Waals surface area contributed by atoms with E-state index < -0.39 is 0 Å². The molecule has 28 heavy (non-hydrogen) atoms. The number of hydrogen-bond acceptors (Lipinski definition) is 3. The fraction of sp³-hybridized carbons (Fsp3) is 0.0435. The first-order chi connectivity index (χ1) is 13.6. The van der Waals surface area contributed by atoms with E-state index in [9.17, 15) is 4.79 Å². The average molecular weight is 389 g/mol. The SMILES string of the molecule is Cc1ccc2nc(-c3ccc(Cl)c(NC(=O)/C=C/c4ccccc4)c3)oc2c1. The van der Waals surface area contributed by atoms with Crippen LogP contribution in [0.3, 0.4) is 0 Å². The molecule has 0 spiro atoms. The number of benzene rings is 3. The number of rotatable bonds is 4. The molecule has 3 aromatic carbocycles. The van der Waals surface area contributed by atoms with Crippen LogP contribution in [-0.4, -0.2) is 10.9 Å². The number of oxazole rings is 1. The molecule has 4 rings (SSSR count). The number of nitrogens with one attached hydrogen (secondary N) is 1. The van der Waals surface area contributed by atoms with E-state index in [0.29, 0.717) is 16.6 Å². The summed E-state index contributed by atoms with van der Waals surface area (Å²) in [6.45, 7) is 2.00. The van der Waals surface area contributed by atoms with Gasteiger partial charge in [0.1, 0.15) is 5.52 Å². The fourth-order valence-electron chi connectivity index (χ4n) is 2.82. The lowest BCUT2D eigenvalue weighted by Gasteiger charge is -2.06. The van der Waals surface area contributed by atoms with Crippen LogP contribution in [0.4, 0.5) is 5.69 Å². The summed E-state index contributed by atoms with van der Waals surface area (Å²) in [7, 11) is 0. The second-order valence-electron chi connectivity index (χ2n) is 6.42. The first-order valence-corrected chi connectivity index (χ1v) is 9.17. The molecule has 138 valence electrons. The Balaban J connectivity index is 1.58. The molecule has 0 fully saturated rings. The van der Waals surface area contributed by atoms with E-state index in [2.05, 4.69) is 10.3 Å². The second kappa shape index (κ2) is 7.71. The zero-order valence-corrected chi connectivity index (χ0v) is 15.9. The highest BCUT2D eigenvalue weighted by Crippen LogP contribution is 2.30. The van der Waals surface area contributed by atoms with Gasteiger partial charge in [-0.15, -0.1) is 0 Å². The smallest absolute Gasteiger partial charge is 0.248 e. The standard InChI is InChI=1S/C23H17ClN2O2/c1-15-7-11-19-21(13-15)28-23(26-19)17-9-10-18(24)20(14-17)25-22(27)12-8-16-5-3-2-4-6-16/h2-14H,1H3,(H,25,27)/b12-8+. The molecule has 1 N–H and O–H groups in total. The van der Waals surface area contributed by atoms with E-state index in [4.69, 9.17) is 16.0 Å². The fourth-order valence-corrected chi connectivity index (χ4v) is 2.98. The Hall–Kier alpha value is -3.37. The summed E-state index contributed by atoms with van der Waals surface area (Å²) in [5.41, 5.74) is 4.79. The summed E-state index contributed by atoms with van der Waals surface area (Å²) in [5, 5.41) is 3.25. The van der Waals surface area contributed by atoms with E-state index in [1.54, 1.807) is 18.2 Å². The van der Waals surface area contributed by atoms with Crippen LogP contribution in [0.25, 0.3) is 28.6 Å². The number of hydrogen-bond donors (Lipinski definition) is 1. The molecule has 1 heterocycles. The molecule has 0 saturated carbocycles. The van der Waals surface area contributed by atoms with E-state index >= 15 is 0 Å². The molecule has 0 unspecified atom stereocenters. The summed E-state index contributed by atoms with van der Waals surface area (Å²) in [5.74, 6) is 0.212. The van der Waals surface area contributed by atoms with Gasteiger partial charge in [0.05, 0.1) is 10.7 Å². The molecule has 0 aliphatic carbocycles. The number of carbonyl (C=O) groups excluding carboxylic acids is 1. The Bertz CT molecular complexity index is 1180. The molecule has 0 bridgehead atoms. The lowest BCUT2D eigenvalue weighted by molar-refractivity contribution is -0.111. The van der Waals surface area contributed by atoms with Crippen molar-refractivity contribution < 1.29 is 9.21 Å². The van der Waals surface area contributed by atoms with Crippen molar-refractivity contribution in [2.75, 3.05) is 5.32 Å². The number of halogens is 1. The first kappa shape index (κ1) is 18.0. The zero-order valence-electron chi connectivity index (χ0n) is 15.1. The highest BCUT2D eigenvalue weighted by Gasteiger charge is 2.11. The van der Waals surface area contributed by atoms with Crippen molar-refractivity contribution >= 4 is 40.4 Å². The minimum Gasteiger partial charge on any atom is -0.436 e. The molecular formula is C23H17ClN2O2. The largest absolute Gasteiger partial charge is 0.436 e. The Labute approximate surface area is 167 Å². The molecule has 5 heteroatoms. The molecule has 0 saturated heterocycles. The predicted molar refractivity (Wildman–Crippen MR) is 113 cm³/mol. The third kappa shape index (κ3) is 3.97. The molecule has 0 atom stereocenters. The lowest BCUT2D eigenvalue weighted by Crippen LogP contribution is -2.08. The van der Waals surface area contributed by atoms with Gasteiger partial charge < -0.3 is 9.73 Å². The van der Waals surface area contributed by atoms with Crippen LogP contribution in [0.15, 0.2) is 77.2 Å². The van der Waals surface area contributed by atoms with E-state index in [-0.39, 0.29) is 5.91 Å². The van der Waals surface area contributed by atoms with Gasteiger partial charge in [-0.1, -0.05) is 48.0 Å².